The number of nitrogens with zero attached hydrogens (tertiary/aromatic N) is 3. The Bertz CT molecular complexity index is 1220. The van der Waals surface area contributed by atoms with Crippen molar-refractivity contribution in [1.82, 2.24) is 19.7 Å². The number of aromatic nitrogens is 1. The lowest BCUT2D eigenvalue weighted by Gasteiger charge is -2.38. The van der Waals surface area contributed by atoms with Crippen LogP contribution in [0, 0.1) is 0 Å². The number of para-hydroxylation sites is 1. The first kappa shape index (κ1) is 25.9. The molecular formula is C31H38N4O3. The zero-order valence-corrected chi connectivity index (χ0v) is 22.2. The summed E-state index contributed by atoms with van der Waals surface area (Å²) in [4.78, 5) is 30.6. The zero-order chi connectivity index (χ0) is 26.3. The van der Waals surface area contributed by atoms with Crippen molar-refractivity contribution in [2.45, 2.75) is 64.1 Å². The maximum absolute atomic E-state index is 13.8. The van der Waals surface area contributed by atoms with Crippen LogP contribution in [-0.4, -0.2) is 52.0 Å². The van der Waals surface area contributed by atoms with Gasteiger partial charge in [-0.3, -0.25) is 4.79 Å². The summed E-state index contributed by atoms with van der Waals surface area (Å²) >= 11 is 0. The first-order valence-corrected chi connectivity index (χ1v) is 13.9. The lowest BCUT2D eigenvalue weighted by atomic mass is 9.96. The van der Waals surface area contributed by atoms with Gasteiger partial charge in [0.05, 0.1) is 6.04 Å². The minimum absolute atomic E-state index is 0.0379. The third-order valence-corrected chi connectivity index (χ3v) is 7.55. The first-order chi connectivity index (χ1) is 18.6. The monoisotopic (exact) mass is 514 g/mol. The number of carbonyl (C=O) groups is 2. The minimum Gasteiger partial charge on any atom is -0.457 e. The molecule has 2 aromatic carbocycles. The van der Waals surface area contributed by atoms with E-state index < -0.39 is 0 Å². The fourth-order valence-electron chi connectivity index (χ4n) is 5.66. The Kier molecular flexibility index (Phi) is 8.31. The first-order valence-electron chi connectivity index (χ1n) is 13.9. The van der Waals surface area contributed by atoms with E-state index in [1.165, 1.54) is 6.42 Å². The molecule has 3 aromatic rings. The van der Waals surface area contributed by atoms with Gasteiger partial charge in [-0.1, -0.05) is 56.5 Å². The van der Waals surface area contributed by atoms with E-state index in [2.05, 4.69) is 22.1 Å². The highest BCUT2D eigenvalue weighted by Gasteiger charge is 2.34. The van der Waals surface area contributed by atoms with Gasteiger partial charge in [-0.25, -0.2) is 4.79 Å². The van der Waals surface area contributed by atoms with Crippen LogP contribution in [0.1, 0.15) is 62.7 Å². The van der Waals surface area contributed by atoms with Crippen LogP contribution in [0.5, 0.6) is 11.5 Å². The number of nitrogens with one attached hydrogen (secondary N) is 1. The van der Waals surface area contributed by atoms with E-state index in [-0.39, 0.29) is 30.6 Å². The Labute approximate surface area is 225 Å². The molecule has 0 spiro atoms. The van der Waals surface area contributed by atoms with Gasteiger partial charge in [-0.15, -0.1) is 0 Å². The minimum atomic E-state index is -0.254. The topological polar surface area (TPSA) is 66.8 Å². The second-order valence-electron chi connectivity index (χ2n) is 10.3. The van der Waals surface area contributed by atoms with Crippen molar-refractivity contribution < 1.29 is 14.3 Å². The predicted octanol–water partition coefficient (Wildman–Crippen LogP) is 5.97. The van der Waals surface area contributed by atoms with Crippen LogP contribution in [0.2, 0.25) is 0 Å². The molecule has 7 nitrogen and oxygen atoms in total. The fraction of sp³-hybridized carbons (Fsp3) is 0.419. The van der Waals surface area contributed by atoms with Crippen molar-refractivity contribution in [3.8, 4) is 11.5 Å². The highest BCUT2D eigenvalue weighted by molar-refractivity contribution is 5.85. The molecule has 0 saturated heterocycles. The molecule has 200 valence electrons. The van der Waals surface area contributed by atoms with Crippen molar-refractivity contribution in [3.63, 3.8) is 0 Å². The molecule has 5 rings (SSSR count). The second kappa shape index (κ2) is 12.2. The summed E-state index contributed by atoms with van der Waals surface area (Å²) in [6.07, 6.45) is 8.45. The van der Waals surface area contributed by atoms with E-state index in [0.29, 0.717) is 13.1 Å². The molecule has 1 aromatic heterocycles. The number of urea groups is 1. The van der Waals surface area contributed by atoms with Crippen LogP contribution >= 0.6 is 0 Å². The maximum atomic E-state index is 13.8. The van der Waals surface area contributed by atoms with Gasteiger partial charge in [0, 0.05) is 37.6 Å². The molecule has 1 saturated carbocycles. The second-order valence-corrected chi connectivity index (χ2v) is 10.3. The molecule has 38 heavy (non-hydrogen) atoms. The van der Waals surface area contributed by atoms with Gasteiger partial charge in [-0.05, 0) is 61.2 Å². The highest BCUT2D eigenvalue weighted by Crippen LogP contribution is 2.35. The van der Waals surface area contributed by atoms with Crippen LogP contribution in [0.4, 0.5) is 4.79 Å². The van der Waals surface area contributed by atoms with Crippen LogP contribution in [0.3, 0.4) is 0 Å². The number of hydrogen-bond acceptors (Lipinski definition) is 3. The molecule has 0 radical (unpaired) electrons. The lowest BCUT2D eigenvalue weighted by molar-refractivity contribution is -0.134. The summed E-state index contributed by atoms with van der Waals surface area (Å²) in [7, 11) is 0. The number of benzene rings is 2. The zero-order valence-electron chi connectivity index (χ0n) is 22.2. The van der Waals surface area contributed by atoms with Crippen molar-refractivity contribution in [1.29, 1.82) is 0 Å². The van der Waals surface area contributed by atoms with Crippen LogP contribution in [0.15, 0.2) is 72.9 Å². The number of fused-ring (bicyclic) bond motifs is 1. The molecule has 1 aliphatic heterocycles. The summed E-state index contributed by atoms with van der Waals surface area (Å²) in [6, 6.07) is 21.6. The number of rotatable bonds is 8. The summed E-state index contributed by atoms with van der Waals surface area (Å²) in [5.41, 5.74) is 2.05. The predicted molar refractivity (Wildman–Crippen MR) is 148 cm³/mol. The third-order valence-electron chi connectivity index (χ3n) is 7.55. The average molecular weight is 515 g/mol. The Balaban J connectivity index is 1.36. The largest absolute Gasteiger partial charge is 0.457 e. The normalized spacial score (nSPS) is 17.5. The van der Waals surface area contributed by atoms with E-state index in [9.17, 15) is 9.59 Å². The van der Waals surface area contributed by atoms with Gasteiger partial charge in [0.25, 0.3) is 0 Å². The molecule has 7 heteroatoms. The van der Waals surface area contributed by atoms with Crippen molar-refractivity contribution >= 4 is 11.9 Å². The molecular weight excluding hydrogens is 476 g/mol. The van der Waals surface area contributed by atoms with Crippen molar-refractivity contribution in [2.75, 3.05) is 19.6 Å². The SMILES string of the molecule is CCCN(CC(=O)N1CCn2cccc2C1c1cccc(Oc2ccccc2)c1)C(=O)NC1CCCCC1. The number of hydrogen-bond donors (Lipinski definition) is 1. The van der Waals surface area contributed by atoms with Gasteiger partial charge in [0.15, 0.2) is 0 Å². The van der Waals surface area contributed by atoms with Crippen LogP contribution in [0.25, 0.3) is 0 Å². The standard InChI is InChI=1S/C31H38N4O3/c1-2-18-34(31(37)32-25-12-5-3-6-13-25)23-29(36)35-21-20-33-19-10-17-28(33)30(35)24-11-9-16-27(22-24)38-26-14-7-4-8-15-26/h4,7-11,14-17,19,22,25,30H,2-3,5-6,12-13,18,20-21,23H2,1H3,(H,32,37). The highest BCUT2D eigenvalue weighted by atomic mass is 16.5. The molecule has 1 N–H and O–H groups in total. The molecule has 1 atom stereocenters. The molecule has 2 aliphatic rings. The summed E-state index contributed by atoms with van der Waals surface area (Å²) in [6.45, 7) is 3.98. The smallest absolute Gasteiger partial charge is 0.318 e. The van der Waals surface area contributed by atoms with Gasteiger partial charge in [0.2, 0.25) is 5.91 Å². The number of ether oxygens (including phenoxy) is 1. The van der Waals surface area contributed by atoms with Crippen LogP contribution < -0.4 is 10.1 Å². The summed E-state index contributed by atoms with van der Waals surface area (Å²) in [5.74, 6) is 1.46. The molecule has 0 bridgehead atoms. The Morgan fingerprint density at radius 2 is 1.74 bits per heavy atom. The van der Waals surface area contributed by atoms with E-state index in [0.717, 1.165) is 61.4 Å². The summed E-state index contributed by atoms with van der Waals surface area (Å²) in [5, 5.41) is 3.19. The molecule has 1 fully saturated rings. The molecule has 1 unspecified atom stereocenters. The lowest BCUT2D eigenvalue weighted by Crippen LogP contribution is -2.51. The molecule has 1 aliphatic carbocycles. The van der Waals surface area contributed by atoms with E-state index in [4.69, 9.17) is 4.74 Å². The molecule has 3 amide bonds. The molecule has 2 heterocycles. The van der Waals surface area contributed by atoms with Gasteiger partial charge in [-0.2, -0.15) is 0 Å². The van der Waals surface area contributed by atoms with Crippen molar-refractivity contribution in [2.24, 2.45) is 0 Å². The fourth-order valence-corrected chi connectivity index (χ4v) is 5.66. The number of amides is 3. The van der Waals surface area contributed by atoms with Gasteiger partial charge < -0.3 is 24.4 Å². The summed E-state index contributed by atoms with van der Waals surface area (Å²) < 4.78 is 8.31. The number of carbonyl (C=O) groups excluding carboxylic acids is 2. The van der Waals surface area contributed by atoms with E-state index in [1.807, 2.05) is 72.5 Å². The van der Waals surface area contributed by atoms with E-state index >= 15 is 0 Å². The van der Waals surface area contributed by atoms with Gasteiger partial charge >= 0.3 is 6.03 Å². The Morgan fingerprint density at radius 3 is 2.53 bits per heavy atom. The maximum Gasteiger partial charge on any atom is 0.318 e. The van der Waals surface area contributed by atoms with E-state index in [1.54, 1.807) is 4.90 Å². The van der Waals surface area contributed by atoms with Gasteiger partial charge in [0.1, 0.15) is 18.0 Å². The van der Waals surface area contributed by atoms with Crippen LogP contribution in [-0.2, 0) is 11.3 Å². The Morgan fingerprint density at radius 1 is 0.947 bits per heavy atom. The van der Waals surface area contributed by atoms with Crippen molar-refractivity contribution in [3.05, 3.63) is 84.2 Å². The Hall–Kier alpha value is -3.74. The average Bonchev–Trinajstić information content (AvgIpc) is 3.42. The third kappa shape index (κ3) is 6.04. The quantitative estimate of drug-likeness (QED) is 0.403.